The lowest BCUT2D eigenvalue weighted by Gasteiger charge is -2.01. The Kier molecular flexibility index (Phi) is 20.0. The van der Waals surface area contributed by atoms with Crippen LogP contribution in [0.4, 0.5) is 0 Å². The van der Waals surface area contributed by atoms with Gasteiger partial charge in [0.15, 0.2) is 0 Å². The van der Waals surface area contributed by atoms with Crippen molar-refractivity contribution in [2.24, 2.45) is 0 Å². The molecule has 0 heterocycles. The van der Waals surface area contributed by atoms with Gasteiger partial charge < -0.3 is 10.4 Å². The van der Waals surface area contributed by atoms with Crippen molar-refractivity contribution in [3.05, 3.63) is 24.3 Å². The molecule has 0 saturated carbocycles. The van der Waals surface area contributed by atoms with Crippen molar-refractivity contribution in [1.82, 2.24) is 5.32 Å². The van der Waals surface area contributed by atoms with Gasteiger partial charge >= 0.3 is 0 Å². The van der Waals surface area contributed by atoms with E-state index < -0.39 is 0 Å². The van der Waals surface area contributed by atoms with Gasteiger partial charge in [0, 0.05) is 13.0 Å². The van der Waals surface area contributed by atoms with Gasteiger partial charge in [-0.05, 0) is 38.5 Å². The molecule has 0 unspecified atom stereocenters. The maximum absolute atomic E-state index is 11.3. The number of hydrogen-bond donors (Lipinski definition) is 2. The van der Waals surface area contributed by atoms with Gasteiger partial charge in [-0.25, -0.2) is 0 Å². The summed E-state index contributed by atoms with van der Waals surface area (Å²) >= 11 is 0. The lowest BCUT2D eigenvalue weighted by Crippen LogP contribution is -2.25. The molecule has 0 aromatic rings. The molecule has 0 spiro atoms. The maximum Gasteiger partial charge on any atom is 0.220 e. The predicted molar refractivity (Wildman–Crippen MR) is 109 cm³/mol. The SMILES string of the molecule is CCCCCCCCCC/C=C\C/C=C\CCCCC(=O)NCCO. The summed E-state index contributed by atoms with van der Waals surface area (Å²) in [6, 6.07) is 0. The number of aliphatic hydroxyl groups is 1. The molecule has 0 aromatic carbocycles. The maximum atomic E-state index is 11.3. The highest BCUT2D eigenvalue weighted by Crippen LogP contribution is 2.10. The molecule has 0 aromatic heterocycles. The number of unbranched alkanes of at least 4 members (excludes halogenated alkanes) is 10. The first kappa shape index (κ1) is 23.9. The molecular formula is C22H41NO2. The van der Waals surface area contributed by atoms with E-state index in [1.165, 1.54) is 57.8 Å². The smallest absolute Gasteiger partial charge is 0.220 e. The van der Waals surface area contributed by atoms with E-state index in [0.717, 1.165) is 25.7 Å². The number of amides is 1. The van der Waals surface area contributed by atoms with Gasteiger partial charge in [0.2, 0.25) is 5.91 Å². The summed E-state index contributed by atoms with van der Waals surface area (Å²) in [6.07, 6.45) is 25.9. The Morgan fingerprint density at radius 1 is 0.800 bits per heavy atom. The summed E-state index contributed by atoms with van der Waals surface area (Å²) in [6.45, 7) is 2.65. The summed E-state index contributed by atoms with van der Waals surface area (Å²) in [4.78, 5) is 11.3. The minimum Gasteiger partial charge on any atom is -0.395 e. The van der Waals surface area contributed by atoms with Crippen molar-refractivity contribution < 1.29 is 9.90 Å². The van der Waals surface area contributed by atoms with Crippen LogP contribution in [0.25, 0.3) is 0 Å². The Morgan fingerprint density at radius 2 is 1.36 bits per heavy atom. The zero-order valence-corrected chi connectivity index (χ0v) is 16.5. The van der Waals surface area contributed by atoms with Crippen LogP contribution in [-0.4, -0.2) is 24.2 Å². The van der Waals surface area contributed by atoms with Gasteiger partial charge in [0.1, 0.15) is 0 Å². The molecule has 0 aliphatic rings. The molecule has 25 heavy (non-hydrogen) atoms. The normalized spacial score (nSPS) is 11.6. The second-order valence-corrected chi connectivity index (χ2v) is 6.76. The molecule has 0 radical (unpaired) electrons. The zero-order chi connectivity index (χ0) is 18.4. The van der Waals surface area contributed by atoms with Crippen molar-refractivity contribution in [3.8, 4) is 0 Å². The van der Waals surface area contributed by atoms with E-state index in [1.807, 2.05) is 0 Å². The minimum atomic E-state index is 0.0149. The van der Waals surface area contributed by atoms with E-state index in [1.54, 1.807) is 0 Å². The van der Waals surface area contributed by atoms with Crippen LogP contribution < -0.4 is 5.32 Å². The predicted octanol–water partition coefficient (Wildman–Crippen LogP) is 5.69. The molecule has 0 rings (SSSR count). The molecule has 1 amide bonds. The number of carbonyl (C=O) groups is 1. The van der Waals surface area contributed by atoms with Crippen LogP contribution >= 0.6 is 0 Å². The first-order chi connectivity index (χ1) is 12.3. The molecule has 146 valence electrons. The fourth-order valence-electron chi connectivity index (χ4n) is 2.73. The van der Waals surface area contributed by atoms with E-state index in [4.69, 9.17) is 5.11 Å². The standard InChI is InChI=1S/C22H41NO2/c1-2-3-4-5-6-7-8-9-10-11-12-13-14-15-16-17-18-19-22(25)23-20-21-24/h11-12,14-15,24H,2-10,13,16-21H2,1H3,(H,23,25)/b12-11-,15-14-. The minimum absolute atomic E-state index is 0.0149. The van der Waals surface area contributed by atoms with E-state index in [2.05, 4.69) is 36.5 Å². The highest BCUT2D eigenvalue weighted by Gasteiger charge is 1.98. The Balaban J connectivity index is 3.25. The molecule has 0 aliphatic carbocycles. The zero-order valence-electron chi connectivity index (χ0n) is 16.5. The Morgan fingerprint density at radius 3 is 1.96 bits per heavy atom. The summed E-state index contributed by atoms with van der Waals surface area (Å²) in [5.41, 5.74) is 0. The van der Waals surface area contributed by atoms with Crippen LogP contribution in [0.15, 0.2) is 24.3 Å². The largest absolute Gasteiger partial charge is 0.395 e. The number of nitrogens with one attached hydrogen (secondary N) is 1. The van der Waals surface area contributed by atoms with Crippen LogP contribution in [0, 0.1) is 0 Å². The molecule has 0 fully saturated rings. The molecule has 0 atom stereocenters. The van der Waals surface area contributed by atoms with E-state index in [9.17, 15) is 4.79 Å². The number of rotatable bonds is 18. The quantitative estimate of drug-likeness (QED) is 0.246. The first-order valence-corrected chi connectivity index (χ1v) is 10.5. The molecule has 0 aliphatic heterocycles. The lowest BCUT2D eigenvalue weighted by molar-refractivity contribution is -0.121. The fraction of sp³-hybridized carbons (Fsp3) is 0.773. The average molecular weight is 352 g/mol. The number of carbonyl (C=O) groups excluding carboxylic acids is 1. The van der Waals surface area contributed by atoms with Crippen molar-refractivity contribution >= 4 is 5.91 Å². The third-order valence-corrected chi connectivity index (χ3v) is 4.29. The average Bonchev–Trinajstić information content (AvgIpc) is 2.62. The third kappa shape index (κ3) is 20.9. The van der Waals surface area contributed by atoms with Crippen molar-refractivity contribution in [1.29, 1.82) is 0 Å². The van der Waals surface area contributed by atoms with Gasteiger partial charge in [-0.15, -0.1) is 0 Å². The van der Waals surface area contributed by atoms with Gasteiger partial charge in [-0.3, -0.25) is 4.79 Å². The van der Waals surface area contributed by atoms with Gasteiger partial charge in [-0.2, -0.15) is 0 Å². The molecule has 2 N–H and O–H groups in total. The molecule has 3 heteroatoms. The van der Waals surface area contributed by atoms with Crippen LogP contribution in [-0.2, 0) is 4.79 Å². The molecular weight excluding hydrogens is 310 g/mol. The van der Waals surface area contributed by atoms with Gasteiger partial charge in [-0.1, -0.05) is 76.2 Å². The molecule has 3 nitrogen and oxygen atoms in total. The number of hydrogen-bond acceptors (Lipinski definition) is 2. The second kappa shape index (κ2) is 21.0. The fourth-order valence-corrected chi connectivity index (χ4v) is 2.73. The summed E-state index contributed by atoms with van der Waals surface area (Å²) in [5.74, 6) is 0.0434. The van der Waals surface area contributed by atoms with Gasteiger partial charge in [0.25, 0.3) is 0 Å². The second-order valence-electron chi connectivity index (χ2n) is 6.76. The van der Waals surface area contributed by atoms with E-state index in [-0.39, 0.29) is 12.5 Å². The van der Waals surface area contributed by atoms with Crippen LogP contribution in [0.1, 0.15) is 96.8 Å². The van der Waals surface area contributed by atoms with Crippen LogP contribution in [0.2, 0.25) is 0 Å². The number of aliphatic hydroxyl groups excluding tert-OH is 1. The summed E-state index contributed by atoms with van der Waals surface area (Å²) in [5, 5.41) is 11.3. The highest BCUT2D eigenvalue weighted by molar-refractivity contribution is 5.75. The topological polar surface area (TPSA) is 49.3 Å². The van der Waals surface area contributed by atoms with Crippen molar-refractivity contribution in [2.75, 3.05) is 13.2 Å². The van der Waals surface area contributed by atoms with E-state index in [0.29, 0.717) is 13.0 Å². The monoisotopic (exact) mass is 351 g/mol. The summed E-state index contributed by atoms with van der Waals surface area (Å²) < 4.78 is 0. The molecule has 0 bridgehead atoms. The van der Waals surface area contributed by atoms with Gasteiger partial charge in [0.05, 0.1) is 6.61 Å². The van der Waals surface area contributed by atoms with Crippen LogP contribution in [0.5, 0.6) is 0 Å². The number of allylic oxidation sites excluding steroid dienone is 4. The highest BCUT2D eigenvalue weighted by atomic mass is 16.3. The van der Waals surface area contributed by atoms with E-state index >= 15 is 0 Å². The summed E-state index contributed by atoms with van der Waals surface area (Å²) in [7, 11) is 0. The Bertz CT molecular complexity index is 337. The molecule has 0 saturated heterocycles. The first-order valence-electron chi connectivity index (χ1n) is 10.5. The Hall–Kier alpha value is -1.09. The third-order valence-electron chi connectivity index (χ3n) is 4.29. The van der Waals surface area contributed by atoms with Crippen LogP contribution in [0.3, 0.4) is 0 Å². The van der Waals surface area contributed by atoms with Crippen molar-refractivity contribution in [2.45, 2.75) is 96.8 Å². The van der Waals surface area contributed by atoms with Crippen molar-refractivity contribution in [3.63, 3.8) is 0 Å². The lowest BCUT2D eigenvalue weighted by atomic mass is 10.1. The Labute approximate surface area is 156 Å².